The lowest BCUT2D eigenvalue weighted by molar-refractivity contribution is -0.137. The number of hydrogen-bond donors (Lipinski definition) is 1. The standard InChI is InChI=1S/C18H19F3N2O3S/c1-12-8-10-14(11-9-12)23(27(3,25)26)13(2)17(24)22-16-7-5-4-6-15(16)18(19,20)21/h4-11,13H,1-3H3,(H,22,24). The zero-order chi connectivity index (χ0) is 20.4. The van der Waals surface area contributed by atoms with E-state index in [0.29, 0.717) is 0 Å². The summed E-state index contributed by atoms with van der Waals surface area (Å²) in [6.45, 7) is 3.13. The number of carbonyl (C=O) groups excluding carboxylic acids is 1. The molecule has 0 bridgehead atoms. The summed E-state index contributed by atoms with van der Waals surface area (Å²) in [6, 6.07) is 9.67. The van der Waals surface area contributed by atoms with Gasteiger partial charge in [0.15, 0.2) is 0 Å². The summed E-state index contributed by atoms with van der Waals surface area (Å²) in [5, 5.41) is 2.19. The van der Waals surface area contributed by atoms with Crippen LogP contribution in [-0.2, 0) is 21.0 Å². The van der Waals surface area contributed by atoms with Gasteiger partial charge >= 0.3 is 6.18 Å². The van der Waals surface area contributed by atoms with Gasteiger partial charge in [-0.15, -0.1) is 0 Å². The van der Waals surface area contributed by atoms with Gasteiger partial charge in [-0.1, -0.05) is 29.8 Å². The third-order valence-electron chi connectivity index (χ3n) is 3.87. The maximum Gasteiger partial charge on any atom is 0.418 e. The monoisotopic (exact) mass is 400 g/mol. The Morgan fingerprint density at radius 3 is 2.15 bits per heavy atom. The largest absolute Gasteiger partial charge is 0.418 e. The highest BCUT2D eigenvalue weighted by molar-refractivity contribution is 7.92. The molecule has 146 valence electrons. The van der Waals surface area contributed by atoms with Crippen LogP contribution < -0.4 is 9.62 Å². The lowest BCUT2D eigenvalue weighted by Gasteiger charge is -2.28. The number of carbonyl (C=O) groups is 1. The van der Waals surface area contributed by atoms with Crippen LogP contribution in [0.2, 0.25) is 0 Å². The van der Waals surface area contributed by atoms with Crippen LogP contribution in [0.1, 0.15) is 18.1 Å². The van der Waals surface area contributed by atoms with Crippen LogP contribution in [0, 0.1) is 6.92 Å². The maximum atomic E-state index is 13.1. The van der Waals surface area contributed by atoms with Crippen molar-refractivity contribution in [3.63, 3.8) is 0 Å². The Morgan fingerprint density at radius 1 is 1.07 bits per heavy atom. The van der Waals surface area contributed by atoms with Gasteiger partial charge in [-0.25, -0.2) is 8.42 Å². The summed E-state index contributed by atoms with van der Waals surface area (Å²) in [5.41, 5.74) is -0.302. The van der Waals surface area contributed by atoms with E-state index in [0.717, 1.165) is 28.3 Å². The molecule has 0 spiro atoms. The molecule has 2 aromatic carbocycles. The Balaban J connectivity index is 2.36. The molecular formula is C18H19F3N2O3S. The number of hydrogen-bond acceptors (Lipinski definition) is 3. The van der Waals surface area contributed by atoms with Gasteiger partial charge in [-0.2, -0.15) is 13.2 Å². The lowest BCUT2D eigenvalue weighted by Crippen LogP contribution is -2.45. The lowest BCUT2D eigenvalue weighted by atomic mass is 10.1. The van der Waals surface area contributed by atoms with Gasteiger partial charge in [0.25, 0.3) is 0 Å². The highest BCUT2D eigenvalue weighted by Crippen LogP contribution is 2.34. The number of nitrogens with zero attached hydrogens (tertiary/aromatic N) is 1. The highest BCUT2D eigenvalue weighted by Gasteiger charge is 2.35. The molecule has 0 fully saturated rings. The molecule has 0 aliphatic heterocycles. The Hall–Kier alpha value is -2.55. The van der Waals surface area contributed by atoms with E-state index in [1.54, 1.807) is 12.1 Å². The van der Waals surface area contributed by atoms with E-state index in [1.807, 2.05) is 6.92 Å². The van der Waals surface area contributed by atoms with Crippen molar-refractivity contribution in [1.29, 1.82) is 0 Å². The fraction of sp³-hybridized carbons (Fsp3) is 0.278. The van der Waals surface area contributed by atoms with Crippen molar-refractivity contribution in [3.8, 4) is 0 Å². The molecule has 1 unspecified atom stereocenters. The van der Waals surface area contributed by atoms with Crippen molar-refractivity contribution >= 4 is 27.3 Å². The summed E-state index contributed by atoms with van der Waals surface area (Å²) in [5.74, 6) is -0.877. The average molecular weight is 400 g/mol. The van der Waals surface area contributed by atoms with E-state index in [-0.39, 0.29) is 5.69 Å². The van der Waals surface area contributed by atoms with Gasteiger partial charge in [0.05, 0.1) is 23.2 Å². The van der Waals surface area contributed by atoms with E-state index < -0.39 is 39.4 Å². The van der Waals surface area contributed by atoms with Gasteiger partial charge in [-0.05, 0) is 38.1 Å². The van der Waals surface area contributed by atoms with Crippen LogP contribution >= 0.6 is 0 Å². The van der Waals surface area contributed by atoms with Crippen LogP contribution in [0.15, 0.2) is 48.5 Å². The molecule has 0 aromatic heterocycles. The van der Waals surface area contributed by atoms with Crippen LogP contribution in [0.3, 0.4) is 0 Å². The van der Waals surface area contributed by atoms with E-state index >= 15 is 0 Å². The van der Waals surface area contributed by atoms with Crippen LogP contribution in [0.25, 0.3) is 0 Å². The third kappa shape index (κ3) is 5.00. The average Bonchev–Trinajstić information content (AvgIpc) is 2.55. The molecule has 0 saturated heterocycles. The smallest absolute Gasteiger partial charge is 0.324 e. The first-order valence-corrected chi connectivity index (χ1v) is 9.79. The van der Waals surface area contributed by atoms with Crippen molar-refractivity contribution in [3.05, 3.63) is 59.7 Å². The quantitative estimate of drug-likeness (QED) is 0.830. The molecule has 1 amide bonds. The normalized spacial score (nSPS) is 13.1. The molecule has 5 nitrogen and oxygen atoms in total. The predicted octanol–water partition coefficient (Wildman–Crippen LogP) is 3.81. The van der Waals surface area contributed by atoms with Crippen molar-refractivity contribution in [2.75, 3.05) is 15.9 Å². The SMILES string of the molecule is Cc1ccc(N(C(C)C(=O)Nc2ccccc2C(F)(F)F)S(C)(=O)=O)cc1. The first-order chi connectivity index (χ1) is 12.4. The van der Waals surface area contributed by atoms with Gasteiger partial charge < -0.3 is 5.32 Å². The van der Waals surface area contributed by atoms with Crippen LogP contribution in [0.5, 0.6) is 0 Å². The van der Waals surface area contributed by atoms with Crippen molar-refractivity contribution in [1.82, 2.24) is 0 Å². The Kier molecular flexibility index (Phi) is 5.84. The molecule has 0 radical (unpaired) electrons. The third-order valence-corrected chi connectivity index (χ3v) is 5.11. The maximum absolute atomic E-state index is 13.1. The van der Waals surface area contributed by atoms with Gasteiger partial charge in [0.1, 0.15) is 6.04 Å². The summed E-state index contributed by atoms with van der Waals surface area (Å²) in [7, 11) is -3.86. The van der Waals surface area contributed by atoms with E-state index in [2.05, 4.69) is 5.32 Å². The second-order valence-corrected chi connectivity index (χ2v) is 7.96. The van der Waals surface area contributed by atoms with Crippen molar-refractivity contribution in [2.24, 2.45) is 0 Å². The summed E-state index contributed by atoms with van der Waals surface area (Å²) >= 11 is 0. The Morgan fingerprint density at radius 2 is 1.63 bits per heavy atom. The minimum absolute atomic E-state index is 0.245. The summed E-state index contributed by atoms with van der Waals surface area (Å²) < 4.78 is 64.6. The molecule has 1 atom stereocenters. The number of anilines is 2. The topological polar surface area (TPSA) is 66.5 Å². The van der Waals surface area contributed by atoms with Gasteiger partial charge in [0.2, 0.25) is 15.9 Å². The number of halogens is 3. The molecule has 0 aliphatic rings. The molecule has 0 saturated carbocycles. The number of amides is 1. The molecule has 2 aromatic rings. The number of alkyl halides is 3. The second kappa shape index (κ2) is 7.59. The van der Waals surface area contributed by atoms with Crippen LogP contribution in [0.4, 0.5) is 24.5 Å². The Bertz CT molecular complexity index is 926. The van der Waals surface area contributed by atoms with Crippen molar-refractivity contribution < 1.29 is 26.4 Å². The number of nitrogens with one attached hydrogen (secondary N) is 1. The minimum atomic E-state index is -4.65. The number of benzene rings is 2. The molecule has 2 rings (SSSR count). The number of aryl methyl sites for hydroxylation is 1. The fourth-order valence-corrected chi connectivity index (χ4v) is 3.75. The highest BCUT2D eigenvalue weighted by atomic mass is 32.2. The van der Waals surface area contributed by atoms with E-state index in [4.69, 9.17) is 0 Å². The van der Waals surface area contributed by atoms with Gasteiger partial charge in [-0.3, -0.25) is 9.10 Å². The molecule has 0 aliphatic carbocycles. The first-order valence-electron chi connectivity index (χ1n) is 7.94. The number of para-hydroxylation sites is 1. The molecule has 0 heterocycles. The molecular weight excluding hydrogens is 381 g/mol. The Labute approximate surface area is 155 Å². The van der Waals surface area contributed by atoms with Gasteiger partial charge in [0, 0.05) is 0 Å². The van der Waals surface area contributed by atoms with E-state index in [1.165, 1.54) is 31.2 Å². The predicted molar refractivity (Wildman–Crippen MR) is 98.0 cm³/mol. The number of sulfonamides is 1. The summed E-state index contributed by atoms with van der Waals surface area (Å²) in [6.07, 6.45) is -3.72. The minimum Gasteiger partial charge on any atom is -0.324 e. The van der Waals surface area contributed by atoms with Crippen LogP contribution in [-0.4, -0.2) is 26.6 Å². The fourth-order valence-electron chi connectivity index (χ4n) is 2.58. The first kappa shape index (κ1) is 20.8. The van der Waals surface area contributed by atoms with E-state index in [9.17, 15) is 26.4 Å². The number of rotatable bonds is 5. The molecule has 27 heavy (non-hydrogen) atoms. The zero-order valence-electron chi connectivity index (χ0n) is 14.9. The molecule has 9 heteroatoms. The van der Waals surface area contributed by atoms with Crippen molar-refractivity contribution in [2.45, 2.75) is 26.1 Å². The summed E-state index contributed by atoms with van der Waals surface area (Å²) in [4.78, 5) is 12.5. The molecule has 1 N–H and O–H groups in total. The zero-order valence-corrected chi connectivity index (χ0v) is 15.7. The second-order valence-electron chi connectivity index (χ2n) is 6.10.